The van der Waals surface area contributed by atoms with Gasteiger partial charge in [-0.25, -0.2) is 4.79 Å². The fraction of sp³-hybridized carbons (Fsp3) is 0.846. The third-order valence-electron chi connectivity index (χ3n) is 3.38. The molecule has 1 rings (SSSR count). The molecule has 21 heavy (non-hydrogen) atoms. The molecule has 2 N–H and O–H groups in total. The minimum Gasteiger partial charge on any atom is -0.480 e. The van der Waals surface area contributed by atoms with Gasteiger partial charge in [0.2, 0.25) is 0 Å². The van der Waals surface area contributed by atoms with Crippen LogP contribution in [0.4, 0.5) is 4.79 Å². The Morgan fingerprint density at radius 2 is 2.05 bits per heavy atom. The fourth-order valence-electron chi connectivity index (χ4n) is 2.51. The lowest BCUT2D eigenvalue weighted by atomic mass is 10.2. The smallest absolute Gasteiger partial charge is 0.323 e. The van der Waals surface area contributed by atoms with E-state index >= 15 is 0 Å². The Balaban J connectivity index is 2.76. The Kier molecular flexibility index (Phi) is 6.86. The van der Waals surface area contributed by atoms with Gasteiger partial charge in [0.15, 0.2) is 0 Å². The highest BCUT2D eigenvalue weighted by Crippen LogP contribution is 2.20. The van der Waals surface area contributed by atoms with Gasteiger partial charge in [0.1, 0.15) is 6.54 Å². The van der Waals surface area contributed by atoms with E-state index < -0.39 is 12.1 Å². The van der Waals surface area contributed by atoms with Gasteiger partial charge < -0.3 is 29.6 Å². The van der Waals surface area contributed by atoms with Gasteiger partial charge in [-0.2, -0.15) is 0 Å². The van der Waals surface area contributed by atoms with Crippen molar-refractivity contribution < 1.29 is 24.5 Å². The van der Waals surface area contributed by atoms with Crippen molar-refractivity contribution in [3.8, 4) is 0 Å². The van der Waals surface area contributed by atoms with Crippen LogP contribution in [-0.4, -0.2) is 103 Å². The summed E-state index contributed by atoms with van der Waals surface area (Å²) in [7, 11) is 5.29. The number of carboxylic acid groups (broad SMARTS) is 1. The maximum atomic E-state index is 12.5. The Bertz CT molecular complexity index is 364. The summed E-state index contributed by atoms with van der Waals surface area (Å²) in [6.45, 7) is 0.981. The number of β-amino-alcohol motifs (C(OH)–C–C–N with tert-alkyl or cyclic N) is 1. The number of likely N-dealkylation sites (N-methyl/N-ethyl adjacent to an activating group) is 1. The molecule has 1 fully saturated rings. The minimum absolute atomic E-state index is 0.110. The molecule has 2 atom stereocenters. The maximum absolute atomic E-state index is 12.5. The molecule has 1 heterocycles. The third-order valence-corrected chi connectivity index (χ3v) is 3.38. The number of aliphatic hydroxyl groups excluding tert-OH is 1. The number of aliphatic carboxylic acids is 1. The van der Waals surface area contributed by atoms with Crippen molar-refractivity contribution in [2.24, 2.45) is 0 Å². The first-order chi connectivity index (χ1) is 9.85. The molecule has 0 radical (unpaired) electrons. The van der Waals surface area contributed by atoms with E-state index in [1.165, 1.54) is 12.0 Å². The molecule has 0 aromatic rings. The topological polar surface area (TPSA) is 93.5 Å². The standard InChI is InChI=1S/C13H25N3O5/c1-14(2)7-10-6-11(17)8-16(10)13(20)15(4-5-21-3)9-12(18)19/h10-11,17H,4-9H2,1-3H3,(H,18,19). The van der Waals surface area contributed by atoms with Crippen molar-refractivity contribution in [2.75, 3.05) is 54.0 Å². The number of urea groups is 1. The largest absolute Gasteiger partial charge is 0.480 e. The summed E-state index contributed by atoms with van der Waals surface area (Å²) in [5.41, 5.74) is 0. The first-order valence-corrected chi connectivity index (χ1v) is 6.94. The van der Waals surface area contributed by atoms with Crippen LogP contribution in [0.5, 0.6) is 0 Å². The number of amides is 2. The first kappa shape index (κ1) is 17.7. The maximum Gasteiger partial charge on any atom is 0.323 e. The van der Waals surface area contributed by atoms with Gasteiger partial charge in [-0.3, -0.25) is 4.79 Å². The molecule has 0 aromatic carbocycles. The SMILES string of the molecule is COCCN(CC(=O)O)C(=O)N1CC(O)CC1CN(C)C. The lowest BCUT2D eigenvalue weighted by molar-refractivity contribution is -0.137. The number of carbonyl (C=O) groups excluding carboxylic acids is 1. The second-order valence-electron chi connectivity index (χ2n) is 5.55. The van der Waals surface area contributed by atoms with Gasteiger partial charge in [-0.05, 0) is 20.5 Å². The van der Waals surface area contributed by atoms with E-state index in [-0.39, 0.29) is 38.3 Å². The summed E-state index contributed by atoms with van der Waals surface area (Å²) < 4.78 is 4.92. The zero-order chi connectivity index (χ0) is 16.0. The number of aliphatic hydroxyl groups is 1. The van der Waals surface area contributed by atoms with Crippen LogP contribution < -0.4 is 0 Å². The van der Waals surface area contributed by atoms with Crippen LogP contribution in [0.1, 0.15) is 6.42 Å². The molecule has 0 spiro atoms. The number of carboxylic acids is 1. The highest BCUT2D eigenvalue weighted by Gasteiger charge is 2.36. The molecule has 2 amide bonds. The molecule has 2 unspecified atom stereocenters. The van der Waals surface area contributed by atoms with Crippen molar-refractivity contribution in [1.29, 1.82) is 0 Å². The van der Waals surface area contributed by atoms with E-state index in [0.29, 0.717) is 13.0 Å². The molecule has 0 aliphatic carbocycles. The second-order valence-corrected chi connectivity index (χ2v) is 5.55. The summed E-state index contributed by atoms with van der Waals surface area (Å²) >= 11 is 0. The molecule has 8 heteroatoms. The van der Waals surface area contributed by atoms with E-state index in [1.807, 2.05) is 19.0 Å². The number of nitrogens with zero attached hydrogens (tertiary/aromatic N) is 3. The van der Waals surface area contributed by atoms with Crippen LogP contribution in [0.15, 0.2) is 0 Å². The van der Waals surface area contributed by atoms with E-state index in [2.05, 4.69) is 0 Å². The van der Waals surface area contributed by atoms with Crippen LogP contribution in [0.2, 0.25) is 0 Å². The fourth-order valence-corrected chi connectivity index (χ4v) is 2.51. The molecule has 122 valence electrons. The monoisotopic (exact) mass is 303 g/mol. The van der Waals surface area contributed by atoms with Crippen LogP contribution in [0.25, 0.3) is 0 Å². The molecule has 1 aliphatic rings. The quantitative estimate of drug-likeness (QED) is 0.635. The van der Waals surface area contributed by atoms with Gasteiger partial charge in [-0.1, -0.05) is 0 Å². The van der Waals surface area contributed by atoms with Crippen molar-refractivity contribution in [1.82, 2.24) is 14.7 Å². The minimum atomic E-state index is -1.07. The van der Waals surface area contributed by atoms with Gasteiger partial charge in [0.05, 0.1) is 12.7 Å². The molecular formula is C13H25N3O5. The van der Waals surface area contributed by atoms with Crippen molar-refractivity contribution in [3.63, 3.8) is 0 Å². The van der Waals surface area contributed by atoms with Crippen molar-refractivity contribution in [2.45, 2.75) is 18.6 Å². The number of hydrogen-bond acceptors (Lipinski definition) is 5. The van der Waals surface area contributed by atoms with Gasteiger partial charge in [0, 0.05) is 32.8 Å². The molecule has 8 nitrogen and oxygen atoms in total. The molecule has 0 aromatic heterocycles. The van der Waals surface area contributed by atoms with Crippen molar-refractivity contribution >= 4 is 12.0 Å². The lowest BCUT2D eigenvalue weighted by Crippen LogP contribution is -2.50. The number of carbonyl (C=O) groups is 2. The van der Waals surface area contributed by atoms with Gasteiger partial charge >= 0.3 is 12.0 Å². The summed E-state index contributed by atoms with van der Waals surface area (Å²) in [5, 5.41) is 18.7. The highest BCUT2D eigenvalue weighted by molar-refractivity contribution is 5.80. The van der Waals surface area contributed by atoms with Crippen molar-refractivity contribution in [3.05, 3.63) is 0 Å². The molecule has 1 aliphatic heterocycles. The Hall–Kier alpha value is -1.38. The first-order valence-electron chi connectivity index (χ1n) is 6.94. The molecule has 0 bridgehead atoms. The molecular weight excluding hydrogens is 278 g/mol. The molecule has 0 saturated carbocycles. The van der Waals surface area contributed by atoms with E-state index in [9.17, 15) is 14.7 Å². The predicted octanol–water partition coefficient (Wildman–Crippen LogP) is -0.864. The second kappa shape index (κ2) is 8.16. The van der Waals surface area contributed by atoms with Gasteiger partial charge in [0.25, 0.3) is 0 Å². The van der Waals surface area contributed by atoms with Gasteiger partial charge in [-0.15, -0.1) is 0 Å². The highest BCUT2D eigenvalue weighted by atomic mass is 16.5. The average molecular weight is 303 g/mol. The third kappa shape index (κ3) is 5.49. The summed E-state index contributed by atoms with van der Waals surface area (Å²) in [4.78, 5) is 28.2. The zero-order valence-electron chi connectivity index (χ0n) is 12.9. The Morgan fingerprint density at radius 3 is 2.57 bits per heavy atom. The van der Waals surface area contributed by atoms with E-state index in [1.54, 1.807) is 4.90 Å². The Morgan fingerprint density at radius 1 is 1.38 bits per heavy atom. The number of rotatable bonds is 7. The number of methoxy groups -OCH3 is 1. The van der Waals surface area contributed by atoms with Crippen LogP contribution in [0, 0.1) is 0 Å². The summed E-state index contributed by atoms with van der Waals surface area (Å²) in [6.07, 6.45) is -0.0530. The summed E-state index contributed by atoms with van der Waals surface area (Å²) in [5.74, 6) is -1.07. The van der Waals surface area contributed by atoms with Crippen LogP contribution in [-0.2, 0) is 9.53 Å². The van der Waals surface area contributed by atoms with E-state index in [4.69, 9.17) is 9.84 Å². The number of hydrogen-bond donors (Lipinski definition) is 2. The average Bonchev–Trinajstić information content (AvgIpc) is 2.73. The lowest BCUT2D eigenvalue weighted by Gasteiger charge is -2.32. The van der Waals surface area contributed by atoms with Crippen LogP contribution in [0.3, 0.4) is 0 Å². The Labute approximate surface area is 124 Å². The number of likely N-dealkylation sites (tertiary alicyclic amines) is 1. The summed E-state index contributed by atoms with van der Waals surface area (Å²) in [6, 6.07) is -0.473. The van der Waals surface area contributed by atoms with E-state index in [0.717, 1.165) is 0 Å². The number of ether oxygens (including phenoxy) is 1. The van der Waals surface area contributed by atoms with Crippen LogP contribution >= 0.6 is 0 Å². The zero-order valence-corrected chi connectivity index (χ0v) is 12.9. The predicted molar refractivity (Wildman–Crippen MR) is 76.2 cm³/mol. The normalized spacial score (nSPS) is 21.9. The molecule has 1 saturated heterocycles.